The molecule has 2 atom stereocenters. The molecular formula is C27H28ClF2N3O4S. The molecule has 1 saturated carbocycles. The van der Waals surface area contributed by atoms with Crippen molar-refractivity contribution < 1.29 is 28.2 Å². The minimum atomic E-state index is -2.52. The van der Waals surface area contributed by atoms with Crippen molar-refractivity contribution in [3.05, 3.63) is 52.8 Å². The van der Waals surface area contributed by atoms with Crippen LogP contribution in [0.2, 0.25) is 5.02 Å². The number of halogens is 3. The van der Waals surface area contributed by atoms with E-state index in [1.54, 1.807) is 24.3 Å². The average Bonchev–Trinajstić information content (AvgIpc) is 3.56. The van der Waals surface area contributed by atoms with Crippen molar-refractivity contribution in [3.63, 3.8) is 0 Å². The molecule has 3 N–H and O–H groups in total. The summed E-state index contributed by atoms with van der Waals surface area (Å²) in [5.41, 5.74) is 1.63. The number of nitrogens with zero attached hydrogens (tertiary/aromatic N) is 1. The van der Waals surface area contributed by atoms with Crippen LogP contribution in [-0.2, 0) is 20.7 Å². The Morgan fingerprint density at radius 2 is 1.97 bits per heavy atom. The second-order valence-corrected chi connectivity index (χ2v) is 11.3. The molecule has 38 heavy (non-hydrogen) atoms. The predicted octanol–water partition coefficient (Wildman–Crippen LogP) is 6.02. The summed E-state index contributed by atoms with van der Waals surface area (Å²) in [5, 5.41) is 16.3. The summed E-state index contributed by atoms with van der Waals surface area (Å²) in [6.07, 6.45) is 2.08. The number of hydrogen-bond donors (Lipinski definition) is 3. The van der Waals surface area contributed by atoms with Gasteiger partial charge in [-0.2, -0.15) is 0 Å². The Kier molecular flexibility index (Phi) is 7.95. The first kappa shape index (κ1) is 26.9. The maximum absolute atomic E-state index is 16.4. The molecule has 2 aromatic carbocycles. The minimum Gasteiger partial charge on any atom is -0.481 e. The second-order valence-electron chi connectivity index (χ2n) is 9.89. The number of nitrogens with one attached hydrogen (secondary N) is 2. The molecule has 1 aliphatic heterocycles. The molecule has 2 heterocycles. The summed E-state index contributed by atoms with van der Waals surface area (Å²) in [5.74, 6) is -4.88. The Bertz CT molecular complexity index is 1340. The first-order valence-electron chi connectivity index (χ1n) is 12.7. The van der Waals surface area contributed by atoms with Crippen LogP contribution in [-0.4, -0.2) is 46.4 Å². The third-order valence-electron chi connectivity index (χ3n) is 7.24. The molecule has 1 aliphatic carbocycles. The van der Waals surface area contributed by atoms with Gasteiger partial charge >= 0.3 is 5.97 Å². The summed E-state index contributed by atoms with van der Waals surface area (Å²) < 4.78 is 36.5. The fourth-order valence-electron chi connectivity index (χ4n) is 5.16. The summed E-state index contributed by atoms with van der Waals surface area (Å²) in [7, 11) is 0. The number of carboxylic acid groups (broad SMARTS) is 1. The van der Waals surface area contributed by atoms with E-state index in [-0.39, 0.29) is 12.2 Å². The maximum Gasteiger partial charge on any atom is 0.306 e. The number of thiazole rings is 1. The first-order valence-corrected chi connectivity index (χ1v) is 13.9. The van der Waals surface area contributed by atoms with Gasteiger partial charge in [-0.1, -0.05) is 29.0 Å². The molecule has 2 unspecified atom stereocenters. The van der Waals surface area contributed by atoms with Crippen molar-refractivity contribution in [2.45, 2.75) is 62.9 Å². The Hall–Kier alpha value is -2.66. The summed E-state index contributed by atoms with van der Waals surface area (Å²) in [6.45, 7) is 0.601. The number of alkyl halides is 1. The van der Waals surface area contributed by atoms with Crippen molar-refractivity contribution in [1.82, 2.24) is 10.3 Å². The van der Waals surface area contributed by atoms with E-state index in [4.69, 9.17) is 16.3 Å². The highest BCUT2D eigenvalue weighted by molar-refractivity contribution is 7.22. The van der Waals surface area contributed by atoms with Gasteiger partial charge in [0, 0.05) is 12.5 Å². The average molecular weight is 564 g/mol. The van der Waals surface area contributed by atoms with E-state index in [9.17, 15) is 19.1 Å². The van der Waals surface area contributed by atoms with Gasteiger partial charge < -0.3 is 20.5 Å². The van der Waals surface area contributed by atoms with Crippen molar-refractivity contribution in [2.75, 3.05) is 11.9 Å². The summed E-state index contributed by atoms with van der Waals surface area (Å²) >= 11 is 7.83. The number of aromatic nitrogens is 1. The van der Waals surface area contributed by atoms with Gasteiger partial charge in [0.1, 0.15) is 5.82 Å². The van der Waals surface area contributed by atoms with Crippen molar-refractivity contribution in [3.8, 4) is 0 Å². The lowest BCUT2D eigenvalue weighted by Gasteiger charge is -2.36. The molecule has 5 rings (SSSR count). The van der Waals surface area contributed by atoms with Crippen molar-refractivity contribution >= 4 is 55.7 Å². The normalized spacial score (nSPS) is 23.3. The molecule has 0 radical (unpaired) electrons. The summed E-state index contributed by atoms with van der Waals surface area (Å²) in [6, 6.07) is 8.63. The van der Waals surface area contributed by atoms with Gasteiger partial charge in [0.2, 0.25) is 5.78 Å². The van der Waals surface area contributed by atoms with Crippen LogP contribution in [0, 0.1) is 11.7 Å². The molecule has 2 fully saturated rings. The number of carbonyl (C=O) groups excluding carboxylic acids is 1. The van der Waals surface area contributed by atoms with E-state index >= 15 is 4.39 Å². The SMILES string of the molecule is O=C(O)C1CCC(OC(F)(C(=O)Cc2ccc(Nc3nc4cc(F)ccc4s3)c(Cl)c2)C2CCCN2)CC1. The van der Waals surface area contributed by atoms with Gasteiger partial charge in [-0.25, -0.2) is 13.8 Å². The Balaban J connectivity index is 1.28. The van der Waals surface area contributed by atoms with Crippen LogP contribution in [0.15, 0.2) is 36.4 Å². The topological polar surface area (TPSA) is 101 Å². The fraction of sp³-hybridized carbons (Fsp3) is 0.444. The van der Waals surface area contributed by atoms with Crippen LogP contribution in [0.4, 0.5) is 19.6 Å². The monoisotopic (exact) mass is 563 g/mol. The third-order valence-corrected chi connectivity index (χ3v) is 8.50. The van der Waals surface area contributed by atoms with Crippen molar-refractivity contribution in [1.29, 1.82) is 0 Å². The van der Waals surface area contributed by atoms with E-state index in [0.717, 1.165) is 11.1 Å². The molecule has 0 amide bonds. The number of carbonyl (C=O) groups is 2. The minimum absolute atomic E-state index is 0.209. The number of ether oxygens (including phenoxy) is 1. The Labute approximate surface area is 227 Å². The number of hydrogen-bond acceptors (Lipinski definition) is 7. The van der Waals surface area contributed by atoms with Crippen LogP contribution >= 0.6 is 22.9 Å². The Morgan fingerprint density at radius 3 is 2.66 bits per heavy atom. The van der Waals surface area contributed by atoms with Gasteiger partial charge in [0.15, 0.2) is 5.13 Å². The van der Waals surface area contributed by atoms with Crippen LogP contribution in [0.25, 0.3) is 10.2 Å². The molecular weight excluding hydrogens is 536 g/mol. The zero-order chi connectivity index (χ0) is 26.9. The molecule has 0 spiro atoms. The number of ketones is 1. The zero-order valence-corrected chi connectivity index (χ0v) is 22.1. The van der Waals surface area contributed by atoms with E-state index in [0.29, 0.717) is 65.6 Å². The van der Waals surface area contributed by atoms with Crippen LogP contribution in [0.1, 0.15) is 44.1 Å². The van der Waals surface area contributed by atoms with E-state index < -0.39 is 35.7 Å². The van der Waals surface area contributed by atoms with E-state index in [1.165, 1.54) is 23.5 Å². The molecule has 11 heteroatoms. The van der Waals surface area contributed by atoms with Gasteiger partial charge in [-0.05, 0) is 74.9 Å². The van der Waals surface area contributed by atoms with Gasteiger partial charge in [-0.15, -0.1) is 0 Å². The van der Waals surface area contributed by atoms with Gasteiger partial charge in [-0.3, -0.25) is 9.59 Å². The second kappa shape index (κ2) is 11.2. The largest absolute Gasteiger partial charge is 0.481 e. The molecule has 0 bridgehead atoms. The van der Waals surface area contributed by atoms with Crippen LogP contribution < -0.4 is 10.6 Å². The molecule has 7 nitrogen and oxygen atoms in total. The quantitative estimate of drug-likeness (QED) is 0.292. The highest BCUT2D eigenvalue weighted by atomic mass is 35.5. The first-order chi connectivity index (χ1) is 18.2. The highest BCUT2D eigenvalue weighted by Crippen LogP contribution is 2.36. The smallest absolute Gasteiger partial charge is 0.306 e. The molecule has 202 valence electrons. The number of benzene rings is 2. The third kappa shape index (κ3) is 5.83. The van der Waals surface area contributed by atoms with Crippen molar-refractivity contribution in [2.24, 2.45) is 5.92 Å². The predicted molar refractivity (Wildman–Crippen MR) is 142 cm³/mol. The lowest BCUT2D eigenvalue weighted by molar-refractivity contribution is -0.205. The number of rotatable bonds is 9. The van der Waals surface area contributed by atoms with Gasteiger partial charge in [0.25, 0.3) is 5.85 Å². The number of aliphatic carboxylic acids is 1. The molecule has 1 saturated heterocycles. The highest BCUT2D eigenvalue weighted by Gasteiger charge is 2.50. The lowest BCUT2D eigenvalue weighted by atomic mass is 9.87. The molecule has 3 aromatic rings. The Morgan fingerprint density at radius 1 is 1.18 bits per heavy atom. The fourth-order valence-corrected chi connectivity index (χ4v) is 6.27. The lowest BCUT2D eigenvalue weighted by Crippen LogP contribution is -2.54. The number of Topliss-reactive ketones (excluding diaryl/α,β-unsaturated/α-hetero) is 1. The standard InChI is InChI=1S/C27H28ClF2N3O4S/c28-19-12-15(3-9-20(19)32-26-33-21-14-17(29)6-10-22(21)38-26)13-24(34)27(30,23-2-1-11-31-23)37-18-7-4-16(5-8-18)25(35)36/h3,6,9-10,12,14,16,18,23,31H,1-2,4-5,7-8,11,13H2,(H,32,33)(H,35,36). The van der Waals surface area contributed by atoms with Crippen LogP contribution in [0.5, 0.6) is 0 Å². The van der Waals surface area contributed by atoms with Crippen LogP contribution in [0.3, 0.4) is 0 Å². The van der Waals surface area contributed by atoms with E-state index in [1.807, 2.05) is 0 Å². The van der Waals surface area contributed by atoms with Gasteiger partial charge in [0.05, 0.1) is 39.0 Å². The molecule has 1 aromatic heterocycles. The zero-order valence-electron chi connectivity index (χ0n) is 20.5. The number of anilines is 2. The maximum atomic E-state index is 16.4. The summed E-state index contributed by atoms with van der Waals surface area (Å²) in [4.78, 5) is 29.0. The number of fused-ring (bicyclic) bond motifs is 1. The van der Waals surface area contributed by atoms with E-state index in [2.05, 4.69) is 15.6 Å². The number of carboxylic acids is 1. The molecule has 2 aliphatic rings.